The summed E-state index contributed by atoms with van der Waals surface area (Å²) in [4.78, 5) is 16.1. The third kappa shape index (κ3) is 4.21. The standard InChI is InChI=1S/C8H16N2O3/c1-2-12-7-8(11)13-10-5-3-9-4-6-10/h9H,2-7H2,1H3. The predicted octanol–water partition coefficient (Wildman–Crippen LogP) is -0.614. The molecule has 5 nitrogen and oxygen atoms in total. The minimum Gasteiger partial charge on any atom is -0.370 e. The van der Waals surface area contributed by atoms with Crippen LogP contribution in [0.2, 0.25) is 0 Å². The maximum absolute atomic E-state index is 11.1. The topological polar surface area (TPSA) is 50.8 Å². The van der Waals surface area contributed by atoms with Gasteiger partial charge in [0.15, 0.2) is 0 Å². The van der Waals surface area contributed by atoms with E-state index in [1.54, 1.807) is 5.06 Å². The smallest absolute Gasteiger partial charge is 0.350 e. The van der Waals surface area contributed by atoms with Gasteiger partial charge >= 0.3 is 5.97 Å². The molecule has 76 valence electrons. The average molecular weight is 188 g/mol. The van der Waals surface area contributed by atoms with Gasteiger partial charge in [0, 0.05) is 32.8 Å². The lowest BCUT2D eigenvalue weighted by Gasteiger charge is -2.25. The minimum absolute atomic E-state index is 0.0421. The Kier molecular flexibility index (Phi) is 4.74. The van der Waals surface area contributed by atoms with Gasteiger partial charge in [0.05, 0.1) is 0 Å². The normalized spacial score (nSPS) is 18.5. The van der Waals surface area contributed by atoms with E-state index in [1.165, 1.54) is 0 Å². The lowest BCUT2D eigenvalue weighted by atomic mass is 10.4. The highest BCUT2D eigenvalue weighted by Crippen LogP contribution is 1.94. The Balaban J connectivity index is 2.11. The van der Waals surface area contributed by atoms with Crippen LogP contribution in [-0.4, -0.2) is 50.4 Å². The summed E-state index contributed by atoms with van der Waals surface area (Å²) in [6.07, 6.45) is 0. The Labute approximate surface area is 77.9 Å². The lowest BCUT2D eigenvalue weighted by Crippen LogP contribution is -2.44. The Morgan fingerprint density at radius 3 is 2.77 bits per heavy atom. The van der Waals surface area contributed by atoms with Crippen molar-refractivity contribution in [2.45, 2.75) is 6.92 Å². The van der Waals surface area contributed by atoms with E-state index in [2.05, 4.69) is 5.32 Å². The summed E-state index contributed by atoms with van der Waals surface area (Å²) in [5.41, 5.74) is 0. The van der Waals surface area contributed by atoms with Crippen LogP contribution in [0.1, 0.15) is 6.92 Å². The van der Waals surface area contributed by atoms with Gasteiger partial charge in [0.1, 0.15) is 6.61 Å². The van der Waals surface area contributed by atoms with Crippen molar-refractivity contribution >= 4 is 5.97 Å². The maximum Gasteiger partial charge on any atom is 0.350 e. The van der Waals surface area contributed by atoms with E-state index >= 15 is 0 Å². The van der Waals surface area contributed by atoms with Gasteiger partial charge in [0.25, 0.3) is 0 Å². The van der Waals surface area contributed by atoms with Crippen molar-refractivity contribution in [1.82, 2.24) is 10.4 Å². The molecule has 0 aromatic rings. The molecule has 0 aliphatic carbocycles. The third-order valence-corrected chi connectivity index (χ3v) is 1.73. The van der Waals surface area contributed by atoms with E-state index in [4.69, 9.17) is 9.57 Å². The van der Waals surface area contributed by atoms with Crippen molar-refractivity contribution in [1.29, 1.82) is 0 Å². The van der Waals surface area contributed by atoms with E-state index in [-0.39, 0.29) is 12.6 Å². The van der Waals surface area contributed by atoms with Gasteiger partial charge in [0.2, 0.25) is 0 Å². The van der Waals surface area contributed by atoms with E-state index < -0.39 is 0 Å². The zero-order valence-corrected chi connectivity index (χ0v) is 7.91. The van der Waals surface area contributed by atoms with Gasteiger partial charge in [-0.15, -0.1) is 5.06 Å². The second-order valence-electron chi connectivity index (χ2n) is 2.78. The Morgan fingerprint density at radius 1 is 1.46 bits per heavy atom. The first-order valence-corrected chi connectivity index (χ1v) is 4.57. The molecule has 0 radical (unpaired) electrons. The molecule has 1 rings (SSSR count). The van der Waals surface area contributed by atoms with Gasteiger partial charge < -0.3 is 14.9 Å². The number of ether oxygens (including phenoxy) is 1. The first-order chi connectivity index (χ1) is 6.33. The summed E-state index contributed by atoms with van der Waals surface area (Å²) >= 11 is 0. The molecule has 0 aromatic heterocycles. The second kappa shape index (κ2) is 5.90. The van der Waals surface area contributed by atoms with E-state index in [0.717, 1.165) is 26.2 Å². The second-order valence-corrected chi connectivity index (χ2v) is 2.78. The number of hydrogen-bond acceptors (Lipinski definition) is 5. The van der Waals surface area contributed by atoms with Crippen LogP contribution in [0.3, 0.4) is 0 Å². The molecule has 0 spiro atoms. The van der Waals surface area contributed by atoms with Crippen LogP contribution in [0.5, 0.6) is 0 Å². The summed E-state index contributed by atoms with van der Waals surface area (Å²) in [5.74, 6) is -0.316. The number of carbonyl (C=O) groups excluding carboxylic acids is 1. The number of piperazine rings is 1. The van der Waals surface area contributed by atoms with Crippen LogP contribution >= 0.6 is 0 Å². The van der Waals surface area contributed by atoms with Crippen molar-refractivity contribution < 1.29 is 14.4 Å². The monoisotopic (exact) mass is 188 g/mol. The molecule has 1 aliphatic heterocycles. The number of hydrogen-bond donors (Lipinski definition) is 1. The van der Waals surface area contributed by atoms with Crippen LogP contribution in [-0.2, 0) is 14.4 Å². The van der Waals surface area contributed by atoms with E-state index in [9.17, 15) is 4.79 Å². The number of hydroxylamine groups is 2. The molecule has 1 heterocycles. The minimum atomic E-state index is -0.316. The molecule has 1 saturated heterocycles. The SMILES string of the molecule is CCOCC(=O)ON1CCNCC1. The van der Waals surface area contributed by atoms with Crippen molar-refractivity contribution in [3.8, 4) is 0 Å². The van der Waals surface area contributed by atoms with Crippen LogP contribution in [0.4, 0.5) is 0 Å². The van der Waals surface area contributed by atoms with Gasteiger partial charge in [-0.3, -0.25) is 0 Å². The quantitative estimate of drug-likeness (QED) is 0.637. The molecule has 0 saturated carbocycles. The molecule has 0 atom stereocenters. The zero-order chi connectivity index (χ0) is 9.52. The third-order valence-electron chi connectivity index (χ3n) is 1.73. The Bertz CT molecular complexity index is 157. The van der Waals surface area contributed by atoms with Crippen LogP contribution in [0.15, 0.2) is 0 Å². The van der Waals surface area contributed by atoms with Crippen molar-refractivity contribution in [3.63, 3.8) is 0 Å². The highest BCUT2D eigenvalue weighted by atomic mass is 16.7. The molecule has 1 N–H and O–H groups in total. The fraction of sp³-hybridized carbons (Fsp3) is 0.875. The van der Waals surface area contributed by atoms with E-state index in [1.807, 2.05) is 6.92 Å². The largest absolute Gasteiger partial charge is 0.370 e. The molecule has 1 aliphatic rings. The summed E-state index contributed by atoms with van der Waals surface area (Å²) in [6, 6.07) is 0. The van der Waals surface area contributed by atoms with Gasteiger partial charge in [-0.2, -0.15) is 0 Å². The van der Waals surface area contributed by atoms with Crippen LogP contribution in [0.25, 0.3) is 0 Å². The molecular weight excluding hydrogens is 172 g/mol. The van der Waals surface area contributed by atoms with Crippen molar-refractivity contribution in [3.05, 3.63) is 0 Å². The highest BCUT2D eigenvalue weighted by molar-refractivity contribution is 5.70. The number of rotatable bonds is 4. The lowest BCUT2D eigenvalue weighted by molar-refractivity contribution is -0.197. The zero-order valence-electron chi connectivity index (χ0n) is 7.91. The Hall–Kier alpha value is -0.650. The summed E-state index contributed by atoms with van der Waals surface area (Å²) in [6.45, 7) is 5.65. The molecule has 0 bridgehead atoms. The van der Waals surface area contributed by atoms with Gasteiger partial charge in [-0.05, 0) is 6.92 Å². The predicted molar refractivity (Wildman–Crippen MR) is 47.0 cm³/mol. The molecule has 0 aromatic carbocycles. The molecule has 0 unspecified atom stereocenters. The van der Waals surface area contributed by atoms with Crippen molar-refractivity contribution in [2.75, 3.05) is 39.4 Å². The maximum atomic E-state index is 11.1. The first kappa shape index (κ1) is 10.4. The number of nitrogens with zero attached hydrogens (tertiary/aromatic N) is 1. The molecule has 13 heavy (non-hydrogen) atoms. The molecule has 5 heteroatoms. The summed E-state index contributed by atoms with van der Waals surface area (Å²) in [5, 5.41) is 4.83. The van der Waals surface area contributed by atoms with Crippen LogP contribution < -0.4 is 5.32 Å². The van der Waals surface area contributed by atoms with Crippen LogP contribution in [0, 0.1) is 0 Å². The average Bonchev–Trinajstić information content (AvgIpc) is 2.16. The van der Waals surface area contributed by atoms with Gasteiger partial charge in [-0.1, -0.05) is 0 Å². The Morgan fingerprint density at radius 2 is 2.15 bits per heavy atom. The van der Waals surface area contributed by atoms with E-state index in [0.29, 0.717) is 6.61 Å². The van der Waals surface area contributed by atoms with Crippen molar-refractivity contribution in [2.24, 2.45) is 0 Å². The summed E-state index contributed by atoms with van der Waals surface area (Å²) in [7, 11) is 0. The summed E-state index contributed by atoms with van der Waals surface area (Å²) < 4.78 is 4.92. The molecule has 0 amide bonds. The molecule has 1 fully saturated rings. The fourth-order valence-electron chi connectivity index (χ4n) is 1.09. The van der Waals surface area contributed by atoms with Gasteiger partial charge in [-0.25, -0.2) is 4.79 Å². The molecular formula is C8H16N2O3. The number of nitrogens with one attached hydrogen (secondary N) is 1. The fourth-order valence-corrected chi connectivity index (χ4v) is 1.09. The number of carbonyl (C=O) groups is 1. The highest BCUT2D eigenvalue weighted by Gasteiger charge is 2.14. The first-order valence-electron chi connectivity index (χ1n) is 4.57.